The molecule has 0 amide bonds. The largest absolute Gasteiger partial charge is 0.382 e. The topological polar surface area (TPSA) is 66.5 Å². The summed E-state index contributed by atoms with van der Waals surface area (Å²) in [4.78, 5) is 0. The third-order valence-corrected chi connectivity index (χ3v) is 5.73. The molecule has 136 valence electrons. The molecule has 0 bridgehead atoms. The van der Waals surface area contributed by atoms with E-state index in [0.29, 0.717) is 6.04 Å². The number of nitrogens with one attached hydrogen (secondary N) is 1. The summed E-state index contributed by atoms with van der Waals surface area (Å²) in [5.74, 6) is 2.45. The molecule has 1 aromatic heterocycles. The van der Waals surface area contributed by atoms with Crippen LogP contribution in [0.3, 0.4) is 0 Å². The first-order valence-corrected chi connectivity index (χ1v) is 9.98. The molecule has 1 aliphatic carbocycles. The Morgan fingerprint density at radius 2 is 1.96 bits per heavy atom. The smallest absolute Gasteiger partial charge is 0.137 e. The average molecular weight is 349 g/mol. The molecule has 0 spiro atoms. The SMILES string of the molecule is N#C[C@H]1CCC[C@H](Nc2ccc(Cc3nnc4n3CCCCC4)cc2)C1. The summed E-state index contributed by atoms with van der Waals surface area (Å²) in [6.45, 7) is 1.05. The van der Waals surface area contributed by atoms with Gasteiger partial charge >= 0.3 is 0 Å². The van der Waals surface area contributed by atoms with Gasteiger partial charge in [0.2, 0.25) is 0 Å². The van der Waals surface area contributed by atoms with Crippen molar-refractivity contribution in [1.29, 1.82) is 5.26 Å². The number of hydrogen-bond acceptors (Lipinski definition) is 4. The lowest BCUT2D eigenvalue weighted by molar-refractivity contribution is 0.395. The van der Waals surface area contributed by atoms with Gasteiger partial charge in [-0.05, 0) is 49.8 Å². The number of anilines is 1. The van der Waals surface area contributed by atoms with Gasteiger partial charge < -0.3 is 9.88 Å². The fourth-order valence-electron chi connectivity index (χ4n) is 4.25. The monoisotopic (exact) mass is 349 g/mol. The molecule has 1 N–H and O–H groups in total. The van der Waals surface area contributed by atoms with Gasteiger partial charge in [0.25, 0.3) is 0 Å². The second kappa shape index (κ2) is 7.90. The second-order valence-corrected chi connectivity index (χ2v) is 7.70. The number of nitriles is 1. The van der Waals surface area contributed by atoms with E-state index in [-0.39, 0.29) is 5.92 Å². The van der Waals surface area contributed by atoms with Crippen LogP contribution in [0, 0.1) is 17.2 Å². The zero-order chi connectivity index (χ0) is 17.8. The molecule has 1 fully saturated rings. The molecular formula is C21H27N5. The third-order valence-electron chi connectivity index (χ3n) is 5.73. The molecule has 5 nitrogen and oxygen atoms in total. The van der Waals surface area contributed by atoms with Gasteiger partial charge in [0.1, 0.15) is 11.6 Å². The zero-order valence-corrected chi connectivity index (χ0v) is 15.3. The van der Waals surface area contributed by atoms with Crippen LogP contribution in [-0.4, -0.2) is 20.8 Å². The zero-order valence-electron chi connectivity index (χ0n) is 15.3. The molecule has 2 aliphatic rings. The van der Waals surface area contributed by atoms with E-state index in [1.165, 1.54) is 24.8 Å². The minimum atomic E-state index is 0.212. The van der Waals surface area contributed by atoms with Crippen molar-refractivity contribution < 1.29 is 0 Å². The van der Waals surface area contributed by atoms with Gasteiger partial charge in [-0.3, -0.25) is 0 Å². The molecule has 0 unspecified atom stereocenters. The van der Waals surface area contributed by atoms with Gasteiger partial charge in [-0.25, -0.2) is 0 Å². The fraction of sp³-hybridized carbons (Fsp3) is 0.571. The maximum absolute atomic E-state index is 9.14. The van der Waals surface area contributed by atoms with Crippen LogP contribution in [0.2, 0.25) is 0 Å². The minimum Gasteiger partial charge on any atom is -0.382 e. The molecule has 4 rings (SSSR count). The van der Waals surface area contributed by atoms with Crippen molar-refractivity contribution in [1.82, 2.24) is 14.8 Å². The molecule has 2 aromatic rings. The van der Waals surface area contributed by atoms with Crippen LogP contribution in [0.1, 0.15) is 62.2 Å². The predicted octanol–water partition coefficient (Wildman–Crippen LogP) is 4.09. The van der Waals surface area contributed by atoms with Gasteiger partial charge in [-0.1, -0.05) is 25.0 Å². The van der Waals surface area contributed by atoms with E-state index in [2.05, 4.69) is 50.4 Å². The van der Waals surface area contributed by atoms with E-state index in [1.807, 2.05) is 0 Å². The maximum Gasteiger partial charge on any atom is 0.137 e. The van der Waals surface area contributed by atoms with Crippen LogP contribution in [-0.2, 0) is 19.4 Å². The quantitative estimate of drug-likeness (QED) is 0.903. The van der Waals surface area contributed by atoms with Crippen molar-refractivity contribution in [3.63, 3.8) is 0 Å². The molecule has 1 aromatic carbocycles. The Bertz CT molecular complexity index is 771. The van der Waals surface area contributed by atoms with Crippen LogP contribution in [0.25, 0.3) is 0 Å². The first-order chi connectivity index (χ1) is 12.8. The highest BCUT2D eigenvalue weighted by molar-refractivity contribution is 5.46. The molecule has 1 saturated carbocycles. The second-order valence-electron chi connectivity index (χ2n) is 7.70. The number of benzene rings is 1. The normalized spacial score (nSPS) is 22.9. The lowest BCUT2D eigenvalue weighted by atomic mass is 9.86. The fourth-order valence-corrected chi connectivity index (χ4v) is 4.25. The summed E-state index contributed by atoms with van der Waals surface area (Å²) >= 11 is 0. The molecule has 2 heterocycles. The Labute approximate surface area is 155 Å². The number of fused-ring (bicyclic) bond motifs is 1. The first-order valence-electron chi connectivity index (χ1n) is 9.98. The highest BCUT2D eigenvalue weighted by Crippen LogP contribution is 2.26. The van der Waals surface area contributed by atoms with Gasteiger partial charge in [-0.15, -0.1) is 10.2 Å². The highest BCUT2D eigenvalue weighted by Gasteiger charge is 2.21. The van der Waals surface area contributed by atoms with E-state index < -0.39 is 0 Å². The van der Waals surface area contributed by atoms with Crippen molar-refractivity contribution in [3.05, 3.63) is 41.5 Å². The van der Waals surface area contributed by atoms with Gasteiger partial charge in [0.05, 0.1) is 6.07 Å². The molecule has 26 heavy (non-hydrogen) atoms. The van der Waals surface area contributed by atoms with Crippen LogP contribution in [0.15, 0.2) is 24.3 Å². The van der Waals surface area contributed by atoms with E-state index in [9.17, 15) is 0 Å². The van der Waals surface area contributed by atoms with Crippen LogP contribution >= 0.6 is 0 Å². The Hall–Kier alpha value is -2.35. The van der Waals surface area contributed by atoms with Gasteiger partial charge in [-0.2, -0.15) is 5.26 Å². The maximum atomic E-state index is 9.14. The Morgan fingerprint density at radius 3 is 2.81 bits per heavy atom. The third kappa shape index (κ3) is 3.90. The molecule has 2 atom stereocenters. The Balaban J connectivity index is 1.39. The van der Waals surface area contributed by atoms with Crippen molar-refractivity contribution in [2.75, 3.05) is 5.32 Å². The molecule has 1 aliphatic heterocycles. The number of hydrogen-bond donors (Lipinski definition) is 1. The number of rotatable bonds is 4. The number of aromatic nitrogens is 3. The molecule has 0 saturated heterocycles. The highest BCUT2D eigenvalue weighted by atomic mass is 15.3. The predicted molar refractivity (Wildman–Crippen MR) is 102 cm³/mol. The minimum absolute atomic E-state index is 0.212. The first kappa shape index (κ1) is 17.1. The number of aryl methyl sites for hydroxylation is 1. The van der Waals surface area contributed by atoms with E-state index in [0.717, 1.165) is 62.4 Å². The molecular weight excluding hydrogens is 322 g/mol. The van der Waals surface area contributed by atoms with Crippen molar-refractivity contribution >= 4 is 5.69 Å². The Kier molecular flexibility index (Phi) is 5.19. The summed E-state index contributed by atoms with van der Waals surface area (Å²) in [5.41, 5.74) is 2.42. The summed E-state index contributed by atoms with van der Waals surface area (Å²) < 4.78 is 2.32. The molecule has 5 heteroatoms. The van der Waals surface area contributed by atoms with E-state index in [1.54, 1.807) is 0 Å². The summed E-state index contributed by atoms with van der Waals surface area (Å²) in [5, 5.41) is 21.6. The number of nitrogens with zero attached hydrogens (tertiary/aromatic N) is 4. The van der Waals surface area contributed by atoms with Crippen LogP contribution in [0.5, 0.6) is 0 Å². The van der Waals surface area contributed by atoms with Gasteiger partial charge in [0.15, 0.2) is 0 Å². The van der Waals surface area contributed by atoms with Gasteiger partial charge in [0, 0.05) is 37.0 Å². The average Bonchev–Trinajstić information content (AvgIpc) is 2.90. The van der Waals surface area contributed by atoms with E-state index >= 15 is 0 Å². The summed E-state index contributed by atoms with van der Waals surface area (Å²) in [6, 6.07) is 11.5. The lowest BCUT2D eigenvalue weighted by Crippen LogP contribution is -2.26. The van der Waals surface area contributed by atoms with Crippen LogP contribution < -0.4 is 5.32 Å². The molecule has 0 radical (unpaired) electrons. The summed E-state index contributed by atoms with van der Waals surface area (Å²) in [7, 11) is 0. The lowest BCUT2D eigenvalue weighted by Gasteiger charge is -2.27. The summed E-state index contributed by atoms with van der Waals surface area (Å²) in [6.07, 6.45) is 9.96. The standard InChI is InChI=1S/C21H27N5/c22-15-17-5-4-6-19(13-17)23-18-10-8-16(9-11-18)14-21-25-24-20-7-2-1-3-12-26(20)21/h8-11,17,19,23H,1-7,12-14H2/t17-,19-/m0/s1. The van der Waals surface area contributed by atoms with Crippen LogP contribution in [0.4, 0.5) is 5.69 Å². The van der Waals surface area contributed by atoms with Crippen molar-refractivity contribution in [2.24, 2.45) is 5.92 Å². The Morgan fingerprint density at radius 1 is 1.08 bits per heavy atom. The van der Waals surface area contributed by atoms with Crippen molar-refractivity contribution in [2.45, 2.75) is 70.4 Å². The van der Waals surface area contributed by atoms with Crippen molar-refractivity contribution in [3.8, 4) is 6.07 Å². The van der Waals surface area contributed by atoms with E-state index in [4.69, 9.17) is 5.26 Å².